The summed E-state index contributed by atoms with van der Waals surface area (Å²) in [6.45, 7) is 2.25. The molecule has 1 rings (SSSR count). The van der Waals surface area contributed by atoms with Gasteiger partial charge in [0.1, 0.15) is 17.4 Å². The smallest absolute Gasteiger partial charge is 0.305 e. The lowest BCUT2D eigenvalue weighted by Crippen LogP contribution is -2.07. The van der Waals surface area contributed by atoms with Crippen LogP contribution in [-0.4, -0.2) is 19.2 Å². The molecule has 0 aromatic heterocycles. The molecule has 0 spiro atoms. The summed E-state index contributed by atoms with van der Waals surface area (Å²) in [7, 11) is 0. The average molecular weight is 323 g/mol. The van der Waals surface area contributed by atoms with E-state index in [1.807, 2.05) is 0 Å². The number of ether oxygens (including phenoxy) is 2. The number of halogens is 3. The van der Waals surface area contributed by atoms with Crippen molar-refractivity contribution in [2.24, 2.45) is 0 Å². The van der Waals surface area contributed by atoms with Crippen molar-refractivity contribution in [3.05, 3.63) is 28.2 Å². The van der Waals surface area contributed by atoms with Crippen LogP contribution >= 0.6 is 15.9 Å². The Morgan fingerprint density at radius 2 is 1.94 bits per heavy atom. The van der Waals surface area contributed by atoms with Crippen LogP contribution in [0.15, 0.2) is 16.6 Å². The summed E-state index contributed by atoms with van der Waals surface area (Å²) < 4.78 is 35.9. The average Bonchev–Trinajstić information content (AvgIpc) is 2.32. The molecule has 0 saturated carbocycles. The molecule has 0 aliphatic carbocycles. The summed E-state index contributed by atoms with van der Waals surface area (Å²) in [6, 6.07) is 2.16. The predicted octanol–water partition coefficient (Wildman–Crippen LogP) is 3.45. The van der Waals surface area contributed by atoms with Crippen molar-refractivity contribution < 1.29 is 23.0 Å². The van der Waals surface area contributed by atoms with Crippen molar-refractivity contribution in [2.75, 3.05) is 13.2 Å². The SMILES string of the molecule is CCOC(=O)CCCOc1cc(F)c(Br)c(F)c1. The van der Waals surface area contributed by atoms with Gasteiger partial charge in [-0.15, -0.1) is 0 Å². The van der Waals surface area contributed by atoms with E-state index < -0.39 is 11.6 Å². The van der Waals surface area contributed by atoms with E-state index in [1.54, 1.807) is 6.92 Å². The maximum absolute atomic E-state index is 13.1. The quantitative estimate of drug-likeness (QED) is 0.457. The molecule has 0 unspecified atom stereocenters. The molecule has 1 aromatic rings. The monoisotopic (exact) mass is 322 g/mol. The molecule has 0 bridgehead atoms. The van der Waals surface area contributed by atoms with E-state index in [-0.39, 0.29) is 29.2 Å². The lowest BCUT2D eigenvalue weighted by molar-refractivity contribution is -0.143. The number of carbonyl (C=O) groups is 1. The maximum Gasteiger partial charge on any atom is 0.305 e. The zero-order chi connectivity index (χ0) is 13.5. The van der Waals surface area contributed by atoms with Crippen LogP contribution in [0.2, 0.25) is 0 Å². The molecule has 100 valence electrons. The van der Waals surface area contributed by atoms with Gasteiger partial charge in [0.15, 0.2) is 0 Å². The molecular formula is C12H13BrF2O3. The fourth-order valence-corrected chi connectivity index (χ4v) is 1.48. The first-order valence-corrected chi connectivity index (χ1v) is 6.27. The van der Waals surface area contributed by atoms with Gasteiger partial charge in [0.2, 0.25) is 0 Å². The molecule has 0 atom stereocenters. The Morgan fingerprint density at radius 1 is 1.33 bits per heavy atom. The van der Waals surface area contributed by atoms with Gasteiger partial charge in [0, 0.05) is 18.6 Å². The number of esters is 1. The molecule has 0 aliphatic heterocycles. The summed E-state index contributed by atoms with van der Waals surface area (Å²) in [5.41, 5.74) is 0. The van der Waals surface area contributed by atoms with Gasteiger partial charge in [-0.25, -0.2) is 8.78 Å². The van der Waals surface area contributed by atoms with E-state index in [1.165, 1.54) is 0 Å². The summed E-state index contributed by atoms with van der Waals surface area (Å²) in [4.78, 5) is 11.0. The Labute approximate surface area is 112 Å². The zero-order valence-corrected chi connectivity index (χ0v) is 11.4. The van der Waals surface area contributed by atoms with Gasteiger partial charge in [0.05, 0.1) is 17.7 Å². The molecule has 0 fully saturated rings. The molecule has 0 N–H and O–H groups in total. The third kappa shape index (κ3) is 4.60. The first kappa shape index (κ1) is 14.9. The number of hydrogen-bond donors (Lipinski definition) is 0. The molecule has 0 saturated heterocycles. The predicted molar refractivity (Wildman–Crippen MR) is 65.4 cm³/mol. The van der Waals surface area contributed by atoms with E-state index in [4.69, 9.17) is 9.47 Å². The lowest BCUT2D eigenvalue weighted by Gasteiger charge is -2.07. The third-order valence-electron chi connectivity index (χ3n) is 2.06. The Hall–Kier alpha value is -1.17. The topological polar surface area (TPSA) is 35.5 Å². The standard InChI is InChI=1S/C12H13BrF2O3/c1-2-17-11(16)4-3-5-18-8-6-9(14)12(13)10(15)7-8/h6-7H,2-5H2,1H3. The molecular weight excluding hydrogens is 310 g/mol. The summed E-state index contributed by atoms with van der Waals surface area (Å²) in [6.07, 6.45) is 0.646. The highest BCUT2D eigenvalue weighted by atomic mass is 79.9. The Kier molecular flexibility index (Phi) is 6.04. The van der Waals surface area contributed by atoms with Crippen LogP contribution in [0.3, 0.4) is 0 Å². The molecule has 18 heavy (non-hydrogen) atoms. The lowest BCUT2D eigenvalue weighted by atomic mass is 10.3. The minimum atomic E-state index is -0.726. The van der Waals surface area contributed by atoms with Gasteiger partial charge >= 0.3 is 5.97 Å². The number of rotatable bonds is 6. The van der Waals surface area contributed by atoms with Crippen molar-refractivity contribution >= 4 is 21.9 Å². The van der Waals surface area contributed by atoms with E-state index in [9.17, 15) is 13.6 Å². The van der Waals surface area contributed by atoms with Gasteiger partial charge < -0.3 is 9.47 Å². The molecule has 0 amide bonds. The van der Waals surface area contributed by atoms with Crippen LogP contribution in [0.25, 0.3) is 0 Å². The largest absolute Gasteiger partial charge is 0.493 e. The number of carbonyl (C=O) groups excluding carboxylic acids is 1. The van der Waals surface area contributed by atoms with Gasteiger partial charge in [-0.2, -0.15) is 0 Å². The van der Waals surface area contributed by atoms with E-state index >= 15 is 0 Å². The second-order valence-corrected chi connectivity index (χ2v) is 4.25. The second-order valence-electron chi connectivity index (χ2n) is 3.46. The molecule has 3 nitrogen and oxygen atoms in total. The van der Waals surface area contributed by atoms with E-state index in [0.717, 1.165) is 12.1 Å². The highest BCUT2D eigenvalue weighted by Gasteiger charge is 2.09. The highest BCUT2D eigenvalue weighted by Crippen LogP contribution is 2.25. The van der Waals surface area contributed by atoms with Crippen molar-refractivity contribution in [3.63, 3.8) is 0 Å². The van der Waals surface area contributed by atoms with Crippen molar-refractivity contribution in [1.82, 2.24) is 0 Å². The maximum atomic E-state index is 13.1. The highest BCUT2D eigenvalue weighted by molar-refractivity contribution is 9.10. The van der Waals surface area contributed by atoms with Crippen LogP contribution in [-0.2, 0) is 9.53 Å². The second kappa shape index (κ2) is 7.31. The summed E-state index contributed by atoms with van der Waals surface area (Å²) >= 11 is 2.76. The Morgan fingerprint density at radius 3 is 2.50 bits per heavy atom. The summed E-state index contributed by atoms with van der Waals surface area (Å²) in [5.74, 6) is -1.67. The normalized spacial score (nSPS) is 10.2. The van der Waals surface area contributed by atoms with Crippen molar-refractivity contribution in [3.8, 4) is 5.75 Å². The number of benzene rings is 1. The van der Waals surface area contributed by atoms with Crippen LogP contribution in [0.1, 0.15) is 19.8 Å². The van der Waals surface area contributed by atoms with Gasteiger partial charge in [-0.3, -0.25) is 4.79 Å². The van der Waals surface area contributed by atoms with Gasteiger partial charge in [0.25, 0.3) is 0 Å². The molecule has 0 radical (unpaired) electrons. The Bertz CT molecular complexity index is 401. The molecule has 0 aliphatic rings. The molecule has 1 aromatic carbocycles. The first-order valence-electron chi connectivity index (χ1n) is 5.47. The fraction of sp³-hybridized carbons (Fsp3) is 0.417. The van der Waals surface area contributed by atoms with Crippen LogP contribution in [0.5, 0.6) is 5.75 Å². The Balaban J connectivity index is 2.38. The first-order chi connectivity index (χ1) is 8.54. The van der Waals surface area contributed by atoms with E-state index in [2.05, 4.69) is 15.9 Å². The van der Waals surface area contributed by atoms with Crippen molar-refractivity contribution in [2.45, 2.75) is 19.8 Å². The van der Waals surface area contributed by atoms with E-state index in [0.29, 0.717) is 13.0 Å². The minimum absolute atomic E-state index is 0.0945. The van der Waals surface area contributed by atoms with Crippen LogP contribution in [0.4, 0.5) is 8.78 Å². The number of hydrogen-bond acceptors (Lipinski definition) is 3. The van der Waals surface area contributed by atoms with Crippen LogP contribution in [0, 0.1) is 11.6 Å². The minimum Gasteiger partial charge on any atom is -0.493 e. The molecule has 6 heteroatoms. The van der Waals surface area contributed by atoms with Gasteiger partial charge in [-0.05, 0) is 29.3 Å². The fourth-order valence-electron chi connectivity index (χ4n) is 1.26. The molecule has 0 heterocycles. The summed E-state index contributed by atoms with van der Waals surface area (Å²) in [5, 5.41) is 0. The van der Waals surface area contributed by atoms with Crippen LogP contribution < -0.4 is 4.74 Å². The third-order valence-corrected chi connectivity index (χ3v) is 2.81. The van der Waals surface area contributed by atoms with Gasteiger partial charge in [-0.1, -0.05) is 0 Å². The zero-order valence-electron chi connectivity index (χ0n) is 9.84. The van der Waals surface area contributed by atoms with Crippen molar-refractivity contribution in [1.29, 1.82) is 0 Å².